The van der Waals surface area contributed by atoms with Gasteiger partial charge < -0.3 is 10.6 Å². The maximum atomic E-state index is 5.90. The van der Waals surface area contributed by atoms with Crippen LogP contribution in [0.25, 0.3) is 0 Å². The zero-order valence-electron chi connectivity index (χ0n) is 10.6. The first-order chi connectivity index (χ1) is 7.86. The van der Waals surface area contributed by atoms with Gasteiger partial charge in [0.15, 0.2) is 0 Å². The van der Waals surface area contributed by atoms with Gasteiger partial charge >= 0.3 is 0 Å². The quantitative estimate of drug-likeness (QED) is 0.783. The van der Waals surface area contributed by atoms with Crippen LogP contribution in [-0.2, 0) is 0 Å². The van der Waals surface area contributed by atoms with E-state index < -0.39 is 0 Å². The van der Waals surface area contributed by atoms with E-state index in [9.17, 15) is 0 Å². The van der Waals surface area contributed by atoms with Gasteiger partial charge in [-0.1, -0.05) is 32.4 Å². The van der Waals surface area contributed by atoms with Gasteiger partial charge in [-0.05, 0) is 17.8 Å². The second kappa shape index (κ2) is 4.33. The van der Waals surface area contributed by atoms with Crippen molar-refractivity contribution in [3.63, 3.8) is 0 Å². The molecule has 0 saturated carbocycles. The molecule has 94 valence electrons. The maximum absolute atomic E-state index is 5.90. The van der Waals surface area contributed by atoms with Gasteiger partial charge in [0.25, 0.3) is 0 Å². The summed E-state index contributed by atoms with van der Waals surface area (Å²) in [5, 5.41) is 0.409. The summed E-state index contributed by atoms with van der Waals surface area (Å²) >= 11 is 5.90. The highest BCUT2D eigenvalue weighted by Crippen LogP contribution is 2.35. The number of nitrogens with zero attached hydrogens (tertiary/aromatic N) is 3. The van der Waals surface area contributed by atoms with Crippen molar-refractivity contribution < 1.29 is 0 Å². The fourth-order valence-corrected chi connectivity index (χ4v) is 2.44. The minimum Gasteiger partial charge on any atom is -0.368 e. The highest BCUT2D eigenvalue weighted by Gasteiger charge is 2.32. The summed E-state index contributed by atoms with van der Waals surface area (Å²) in [5.41, 5.74) is 5.94. The predicted molar refractivity (Wildman–Crippen MR) is 71.2 cm³/mol. The number of aromatic nitrogens is 2. The Morgan fingerprint density at radius 1 is 1.41 bits per heavy atom. The lowest BCUT2D eigenvalue weighted by atomic mass is 9.80. The zero-order valence-corrected chi connectivity index (χ0v) is 11.3. The van der Waals surface area contributed by atoms with Crippen LogP contribution >= 0.6 is 11.6 Å². The number of nitrogens with two attached hydrogens (primary N) is 1. The first kappa shape index (κ1) is 12.4. The van der Waals surface area contributed by atoms with Crippen molar-refractivity contribution in [1.29, 1.82) is 0 Å². The Morgan fingerprint density at radius 2 is 2.12 bits per heavy atom. The van der Waals surface area contributed by atoms with Crippen molar-refractivity contribution in [1.82, 2.24) is 9.97 Å². The molecule has 4 nitrogen and oxygen atoms in total. The van der Waals surface area contributed by atoms with E-state index in [1.807, 2.05) is 0 Å². The van der Waals surface area contributed by atoms with Crippen molar-refractivity contribution in [2.45, 2.75) is 27.2 Å². The minimum atomic E-state index is 0.242. The van der Waals surface area contributed by atoms with Gasteiger partial charge in [0.1, 0.15) is 11.0 Å². The molecule has 2 rings (SSSR count). The van der Waals surface area contributed by atoms with E-state index in [0.29, 0.717) is 16.5 Å². The average molecular weight is 255 g/mol. The molecule has 0 spiro atoms. The van der Waals surface area contributed by atoms with E-state index in [2.05, 4.69) is 35.6 Å². The number of rotatable bonds is 1. The summed E-state index contributed by atoms with van der Waals surface area (Å²) in [4.78, 5) is 10.4. The molecule has 17 heavy (non-hydrogen) atoms. The van der Waals surface area contributed by atoms with E-state index in [-0.39, 0.29) is 5.95 Å². The summed E-state index contributed by atoms with van der Waals surface area (Å²) in [6.07, 6.45) is 1.19. The van der Waals surface area contributed by atoms with Gasteiger partial charge in [0.2, 0.25) is 5.95 Å². The molecule has 2 N–H and O–H groups in total. The van der Waals surface area contributed by atoms with Crippen molar-refractivity contribution in [3.8, 4) is 0 Å². The molecule has 0 aromatic carbocycles. The van der Waals surface area contributed by atoms with E-state index in [0.717, 1.165) is 18.9 Å². The van der Waals surface area contributed by atoms with Gasteiger partial charge in [-0.15, -0.1) is 0 Å². The fraction of sp³-hybridized carbons (Fsp3) is 0.667. The molecular formula is C12H19ClN4. The third-order valence-corrected chi connectivity index (χ3v) is 3.63. The number of anilines is 2. The Morgan fingerprint density at radius 3 is 2.65 bits per heavy atom. The Hall–Kier alpha value is -1.03. The van der Waals surface area contributed by atoms with Crippen molar-refractivity contribution in [2.75, 3.05) is 23.7 Å². The second-order valence-corrected chi connectivity index (χ2v) is 6.09. The number of hydrogen-bond acceptors (Lipinski definition) is 4. The number of hydrogen-bond donors (Lipinski definition) is 1. The Balaban J connectivity index is 2.15. The summed E-state index contributed by atoms with van der Waals surface area (Å²) in [5.74, 6) is 1.76. The molecule has 0 amide bonds. The fourth-order valence-electron chi connectivity index (χ4n) is 2.26. The third-order valence-electron chi connectivity index (χ3n) is 3.44. The predicted octanol–water partition coefficient (Wildman–Crippen LogP) is 2.58. The lowest BCUT2D eigenvalue weighted by molar-refractivity contribution is 0.263. The molecule has 1 aliphatic rings. The average Bonchev–Trinajstić information content (AvgIpc) is 2.63. The second-order valence-electron chi connectivity index (χ2n) is 5.70. The monoisotopic (exact) mass is 254 g/mol. The van der Waals surface area contributed by atoms with Crippen molar-refractivity contribution in [3.05, 3.63) is 11.2 Å². The lowest BCUT2D eigenvalue weighted by Crippen LogP contribution is -2.26. The third kappa shape index (κ3) is 2.80. The Labute approximate surface area is 107 Å². The van der Waals surface area contributed by atoms with Crippen LogP contribution in [0, 0.1) is 11.3 Å². The standard InChI is InChI=1S/C12H19ClN4/c1-12(2,3)8-4-5-17(7-8)10-6-9(13)15-11(14)16-10/h6,8H,4-5,7H2,1-3H3,(H2,14,15,16). The van der Waals surface area contributed by atoms with Gasteiger partial charge in [0.05, 0.1) is 0 Å². The molecule has 0 radical (unpaired) electrons. The van der Waals surface area contributed by atoms with Crippen molar-refractivity contribution >= 4 is 23.4 Å². The van der Waals surface area contributed by atoms with Crippen LogP contribution in [0.15, 0.2) is 6.07 Å². The van der Waals surface area contributed by atoms with E-state index in [1.54, 1.807) is 6.07 Å². The van der Waals surface area contributed by atoms with Crippen LogP contribution in [-0.4, -0.2) is 23.1 Å². The largest absolute Gasteiger partial charge is 0.368 e. The minimum absolute atomic E-state index is 0.242. The lowest BCUT2D eigenvalue weighted by Gasteiger charge is -2.27. The molecule has 5 heteroatoms. The van der Waals surface area contributed by atoms with Crippen LogP contribution in [0.4, 0.5) is 11.8 Å². The molecule has 1 saturated heterocycles. The van der Waals surface area contributed by atoms with E-state index in [1.165, 1.54) is 6.42 Å². The smallest absolute Gasteiger partial charge is 0.223 e. The molecular weight excluding hydrogens is 236 g/mol. The first-order valence-electron chi connectivity index (χ1n) is 5.91. The SMILES string of the molecule is CC(C)(C)C1CCN(c2cc(Cl)nc(N)n2)C1. The van der Waals surface area contributed by atoms with Gasteiger partial charge in [-0.25, -0.2) is 4.98 Å². The van der Waals surface area contributed by atoms with Crippen LogP contribution in [0.5, 0.6) is 0 Å². The Bertz CT molecular complexity index is 393. The highest BCUT2D eigenvalue weighted by atomic mass is 35.5. The molecule has 1 unspecified atom stereocenters. The van der Waals surface area contributed by atoms with E-state index in [4.69, 9.17) is 17.3 Å². The topological polar surface area (TPSA) is 55.0 Å². The zero-order chi connectivity index (χ0) is 12.6. The van der Waals surface area contributed by atoms with Crippen LogP contribution in [0.3, 0.4) is 0 Å². The highest BCUT2D eigenvalue weighted by molar-refractivity contribution is 6.29. The number of nitrogen functional groups attached to an aromatic ring is 1. The molecule has 1 fully saturated rings. The molecule has 0 bridgehead atoms. The first-order valence-corrected chi connectivity index (χ1v) is 6.29. The summed E-state index contributed by atoms with van der Waals surface area (Å²) in [6.45, 7) is 8.86. The molecule has 0 aliphatic carbocycles. The van der Waals surface area contributed by atoms with Crippen LogP contribution < -0.4 is 10.6 Å². The van der Waals surface area contributed by atoms with Gasteiger partial charge in [-0.3, -0.25) is 0 Å². The van der Waals surface area contributed by atoms with Crippen LogP contribution in [0.2, 0.25) is 5.15 Å². The Kier molecular flexibility index (Phi) is 3.17. The number of halogens is 1. The molecule has 2 heterocycles. The molecule has 1 atom stereocenters. The van der Waals surface area contributed by atoms with Gasteiger partial charge in [-0.2, -0.15) is 4.98 Å². The molecule has 1 aliphatic heterocycles. The summed E-state index contributed by atoms with van der Waals surface area (Å²) in [6, 6.07) is 1.78. The van der Waals surface area contributed by atoms with E-state index >= 15 is 0 Å². The normalized spacial score (nSPS) is 20.9. The summed E-state index contributed by atoms with van der Waals surface area (Å²) < 4.78 is 0. The maximum Gasteiger partial charge on any atom is 0.223 e. The van der Waals surface area contributed by atoms with Crippen LogP contribution in [0.1, 0.15) is 27.2 Å². The summed E-state index contributed by atoms with van der Waals surface area (Å²) in [7, 11) is 0. The molecule has 1 aromatic rings. The van der Waals surface area contributed by atoms with Gasteiger partial charge in [0, 0.05) is 19.2 Å². The van der Waals surface area contributed by atoms with Crippen molar-refractivity contribution in [2.24, 2.45) is 11.3 Å². The molecule has 1 aromatic heterocycles.